The molecule has 0 amide bonds. The summed E-state index contributed by atoms with van der Waals surface area (Å²) in [6.45, 7) is 0. The van der Waals surface area contributed by atoms with Gasteiger partial charge in [0.05, 0.1) is 5.39 Å². The first-order chi connectivity index (χ1) is 5.29. The Morgan fingerprint density at radius 2 is 2.27 bits per heavy atom. The lowest BCUT2D eigenvalue weighted by molar-refractivity contribution is 0.396. The van der Waals surface area contributed by atoms with Gasteiger partial charge in [0.15, 0.2) is 0 Å². The van der Waals surface area contributed by atoms with E-state index in [-0.39, 0.29) is 5.75 Å². The van der Waals surface area contributed by atoms with Crippen LogP contribution >= 0.6 is 0 Å². The number of hydrogen-bond donors (Lipinski definition) is 2. The lowest BCUT2D eigenvalue weighted by Gasteiger charge is -1.88. The predicted octanol–water partition coefficient (Wildman–Crippen LogP) is 0.827. The van der Waals surface area contributed by atoms with Crippen LogP contribution in [0.25, 0.3) is 10.9 Å². The number of benzene rings is 1. The largest absolute Gasteiger partial charge is 0.506 e. The van der Waals surface area contributed by atoms with Gasteiger partial charge in [-0.25, -0.2) is 9.95 Å². The van der Waals surface area contributed by atoms with Gasteiger partial charge in [-0.3, -0.25) is 0 Å². The van der Waals surface area contributed by atoms with Gasteiger partial charge in [0, 0.05) is 0 Å². The second-order valence-electron chi connectivity index (χ2n) is 2.19. The minimum Gasteiger partial charge on any atom is -0.506 e. The van der Waals surface area contributed by atoms with E-state index in [2.05, 4.69) is 9.68 Å². The van der Waals surface area contributed by atoms with Crippen molar-refractivity contribution in [1.29, 1.82) is 0 Å². The molecule has 0 fully saturated rings. The first-order valence-electron chi connectivity index (χ1n) is 3.08. The number of rotatable bonds is 0. The fraction of sp³-hybridized carbons (Fsp3) is 0. The Balaban J connectivity index is 3.06. The molecule has 11 heavy (non-hydrogen) atoms. The molecular weight excluding hydrogens is 146 g/mol. The van der Waals surface area contributed by atoms with Crippen LogP contribution in [-0.4, -0.2) is 10.3 Å². The highest BCUT2D eigenvalue weighted by Crippen LogP contribution is 2.18. The van der Waals surface area contributed by atoms with Gasteiger partial charge in [0.2, 0.25) is 0 Å². The maximum Gasteiger partial charge on any atom is 0.365 e. The lowest BCUT2D eigenvalue weighted by atomic mass is 10.2. The Labute approximate surface area is 61.0 Å². The molecular formula is C7H5NO3. The fourth-order valence-electron chi connectivity index (χ4n) is 0.970. The summed E-state index contributed by atoms with van der Waals surface area (Å²) < 4.78 is 4.46. The number of phenols is 1. The minimum atomic E-state index is -0.462. The maximum atomic E-state index is 10.8. The highest BCUT2D eigenvalue weighted by Gasteiger charge is 2.04. The molecule has 0 saturated carbocycles. The van der Waals surface area contributed by atoms with Crippen molar-refractivity contribution in [3.63, 3.8) is 0 Å². The quantitative estimate of drug-likeness (QED) is 0.585. The molecule has 1 aromatic carbocycles. The first kappa shape index (κ1) is 6.03. The van der Waals surface area contributed by atoms with Crippen LogP contribution in [0.5, 0.6) is 5.75 Å². The molecule has 0 unspecified atom stereocenters. The molecule has 0 saturated heterocycles. The van der Waals surface area contributed by atoms with Crippen molar-refractivity contribution in [3.8, 4) is 5.75 Å². The van der Waals surface area contributed by atoms with E-state index in [9.17, 15) is 4.79 Å². The number of phenolic OH excluding ortho intramolecular Hbond substituents is 1. The van der Waals surface area contributed by atoms with E-state index < -0.39 is 5.63 Å². The summed E-state index contributed by atoms with van der Waals surface area (Å²) in [7, 11) is 0. The molecule has 0 aliphatic heterocycles. The summed E-state index contributed by atoms with van der Waals surface area (Å²) in [5.74, 6) is 0.0216. The molecule has 1 aromatic heterocycles. The number of aromatic hydroxyl groups is 1. The van der Waals surface area contributed by atoms with Gasteiger partial charge in [0.1, 0.15) is 11.3 Å². The van der Waals surface area contributed by atoms with Crippen molar-refractivity contribution in [2.45, 2.75) is 0 Å². The molecule has 4 heteroatoms. The standard InChI is InChI=1S/C7H5NO3/c9-5-3-1-2-4-6(5)8-11-7(4)10/h1-3,8-9H. The summed E-state index contributed by atoms with van der Waals surface area (Å²) in [6.07, 6.45) is 0. The molecule has 0 aliphatic rings. The molecule has 0 radical (unpaired) electrons. The molecule has 1 heterocycles. The third kappa shape index (κ3) is 0.724. The van der Waals surface area contributed by atoms with Crippen molar-refractivity contribution in [3.05, 3.63) is 28.6 Å². The Morgan fingerprint density at radius 1 is 1.45 bits per heavy atom. The second-order valence-corrected chi connectivity index (χ2v) is 2.19. The minimum absolute atomic E-state index is 0.0216. The van der Waals surface area contributed by atoms with E-state index in [0.29, 0.717) is 10.9 Å². The Hall–Kier alpha value is -1.71. The molecule has 2 rings (SSSR count). The number of nitrogens with one attached hydrogen (secondary N) is 1. The van der Waals surface area contributed by atoms with Crippen LogP contribution in [0, 0.1) is 0 Å². The van der Waals surface area contributed by atoms with E-state index in [1.807, 2.05) is 0 Å². The van der Waals surface area contributed by atoms with Gasteiger partial charge < -0.3 is 9.63 Å². The van der Waals surface area contributed by atoms with Crippen LogP contribution < -0.4 is 5.63 Å². The molecule has 0 atom stereocenters. The Kier molecular flexibility index (Phi) is 1.03. The average Bonchev–Trinajstić information content (AvgIpc) is 2.35. The second kappa shape index (κ2) is 1.88. The zero-order chi connectivity index (χ0) is 7.84. The monoisotopic (exact) mass is 151 g/mol. The normalized spacial score (nSPS) is 10.5. The molecule has 2 aromatic rings. The third-order valence-electron chi connectivity index (χ3n) is 1.51. The topological polar surface area (TPSA) is 66.2 Å². The summed E-state index contributed by atoms with van der Waals surface area (Å²) in [4.78, 5) is 10.8. The lowest BCUT2D eigenvalue weighted by Crippen LogP contribution is -1.89. The first-order valence-corrected chi connectivity index (χ1v) is 3.08. The van der Waals surface area contributed by atoms with Crippen LogP contribution in [0.3, 0.4) is 0 Å². The highest BCUT2D eigenvalue weighted by atomic mass is 16.5. The van der Waals surface area contributed by atoms with Gasteiger partial charge in [0.25, 0.3) is 0 Å². The zero-order valence-corrected chi connectivity index (χ0v) is 5.50. The van der Waals surface area contributed by atoms with Gasteiger partial charge in [-0.2, -0.15) is 0 Å². The van der Waals surface area contributed by atoms with Crippen LogP contribution in [0.15, 0.2) is 27.5 Å². The number of hydrogen-bond acceptors (Lipinski definition) is 3. The van der Waals surface area contributed by atoms with Gasteiger partial charge in [-0.05, 0) is 12.1 Å². The summed E-state index contributed by atoms with van der Waals surface area (Å²) in [5.41, 5.74) is -0.117. The van der Waals surface area contributed by atoms with E-state index in [1.165, 1.54) is 6.07 Å². The number of fused-ring (bicyclic) bond motifs is 1. The maximum absolute atomic E-state index is 10.8. The highest BCUT2D eigenvalue weighted by molar-refractivity contribution is 5.82. The Morgan fingerprint density at radius 3 is 3.00 bits per heavy atom. The van der Waals surface area contributed by atoms with Crippen LogP contribution in [0.4, 0.5) is 0 Å². The van der Waals surface area contributed by atoms with E-state index in [0.717, 1.165) is 0 Å². The summed E-state index contributed by atoms with van der Waals surface area (Å²) >= 11 is 0. The fourth-order valence-corrected chi connectivity index (χ4v) is 0.970. The van der Waals surface area contributed by atoms with Crippen molar-refractivity contribution in [2.24, 2.45) is 0 Å². The van der Waals surface area contributed by atoms with E-state index >= 15 is 0 Å². The number of aromatic nitrogens is 1. The van der Waals surface area contributed by atoms with Crippen molar-refractivity contribution in [1.82, 2.24) is 5.16 Å². The van der Waals surface area contributed by atoms with Gasteiger partial charge >= 0.3 is 5.63 Å². The molecule has 56 valence electrons. The van der Waals surface area contributed by atoms with Crippen LogP contribution in [-0.2, 0) is 0 Å². The predicted molar refractivity (Wildman–Crippen MR) is 38.5 cm³/mol. The number of aromatic amines is 1. The average molecular weight is 151 g/mol. The van der Waals surface area contributed by atoms with E-state index in [4.69, 9.17) is 5.11 Å². The molecule has 4 nitrogen and oxygen atoms in total. The zero-order valence-electron chi connectivity index (χ0n) is 5.50. The van der Waals surface area contributed by atoms with Crippen molar-refractivity contribution >= 4 is 10.9 Å². The SMILES string of the molecule is O=c1o[nH]c2c(O)cccc12. The molecule has 0 aliphatic carbocycles. The summed E-state index contributed by atoms with van der Waals surface area (Å²) in [5, 5.41) is 11.8. The van der Waals surface area contributed by atoms with Crippen LogP contribution in [0.1, 0.15) is 0 Å². The van der Waals surface area contributed by atoms with Crippen molar-refractivity contribution < 1.29 is 9.63 Å². The number of H-pyrrole nitrogens is 1. The van der Waals surface area contributed by atoms with Crippen LogP contribution in [0.2, 0.25) is 0 Å². The third-order valence-corrected chi connectivity index (χ3v) is 1.51. The number of para-hydroxylation sites is 1. The Bertz CT molecular complexity index is 440. The van der Waals surface area contributed by atoms with Crippen molar-refractivity contribution in [2.75, 3.05) is 0 Å². The van der Waals surface area contributed by atoms with Gasteiger partial charge in [-0.15, -0.1) is 0 Å². The van der Waals surface area contributed by atoms with Gasteiger partial charge in [-0.1, -0.05) is 6.07 Å². The molecule has 0 bridgehead atoms. The van der Waals surface area contributed by atoms with E-state index in [1.54, 1.807) is 12.1 Å². The smallest absolute Gasteiger partial charge is 0.365 e. The summed E-state index contributed by atoms with van der Waals surface area (Å²) in [6, 6.07) is 4.65. The molecule has 0 spiro atoms. The molecule has 2 N–H and O–H groups in total.